The van der Waals surface area contributed by atoms with Gasteiger partial charge in [-0.2, -0.15) is 8.78 Å². The van der Waals surface area contributed by atoms with Gasteiger partial charge < -0.3 is 10.0 Å². The Morgan fingerprint density at radius 2 is 2.05 bits per heavy atom. The molecule has 1 unspecified atom stereocenters. The van der Waals surface area contributed by atoms with Crippen LogP contribution in [0.15, 0.2) is 5.16 Å². The second-order valence-corrected chi connectivity index (χ2v) is 7.50. The van der Waals surface area contributed by atoms with Crippen molar-refractivity contribution in [3.8, 4) is 0 Å². The molecule has 1 saturated heterocycles. The average Bonchev–Trinajstić information content (AvgIpc) is 2.70. The molecule has 1 aromatic heterocycles. The SMILES string of the molecule is C[C@H]1C(O)CN1c1nc(S(C)(=O)=O)nc2c1CCC2(F)F. The Labute approximate surface area is 120 Å². The summed E-state index contributed by atoms with van der Waals surface area (Å²) in [6.45, 7) is 1.98. The predicted molar refractivity (Wildman–Crippen MR) is 70.2 cm³/mol. The summed E-state index contributed by atoms with van der Waals surface area (Å²) in [5.41, 5.74) is -0.215. The number of anilines is 1. The number of sulfone groups is 1. The van der Waals surface area contributed by atoms with Gasteiger partial charge in [-0.05, 0) is 13.3 Å². The zero-order valence-corrected chi connectivity index (χ0v) is 12.4. The minimum atomic E-state index is -3.79. The third-order valence-electron chi connectivity index (χ3n) is 4.04. The van der Waals surface area contributed by atoms with Crippen molar-refractivity contribution in [1.82, 2.24) is 9.97 Å². The quantitative estimate of drug-likeness (QED) is 0.799. The normalized spacial score (nSPS) is 27.4. The van der Waals surface area contributed by atoms with Gasteiger partial charge in [-0.25, -0.2) is 18.4 Å². The van der Waals surface area contributed by atoms with E-state index in [9.17, 15) is 22.3 Å². The van der Waals surface area contributed by atoms with Gasteiger partial charge in [0.05, 0.1) is 12.1 Å². The number of hydrogen-bond acceptors (Lipinski definition) is 6. The number of β-amino-alcohol motifs (C(OH)–C–C–N with tert-alkyl or cyclic N) is 1. The predicted octanol–water partition coefficient (Wildman–Crippen LogP) is 0.488. The maximum absolute atomic E-state index is 13.9. The van der Waals surface area contributed by atoms with Crippen molar-refractivity contribution < 1.29 is 22.3 Å². The summed E-state index contributed by atoms with van der Waals surface area (Å²) in [5, 5.41) is 8.99. The molecule has 2 aliphatic rings. The summed E-state index contributed by atoms with van der Waals surface area (Å²) < 4.78 is 51.0. The molecule has 21 heavy (non-hydrogen) atoms. The fourth-order valence-electron chi connectivity index (χ4n) is 2.66. The summed E-state index contributed by atoms with van der Waals surface area (Å²) in [7, 11) is -3.79. The van der Waals surface area contributed by atoms with Gasteiger partial charge >= 0.3 is 0 Å². The van der Waals surface area contributed by atoms with E-state index >= 15 is 0 Å². The number of aromatic nitrogens is 2. The lowest BCUT2D eigenvalue weighted by atomic mass is 10.0. The van der Waals surface area contributed by atoms with Crippen molar-refractivity contribution >= 4 is 15.7 Å². The third kappa shape index (κ3) is 2.18. The molecule has 2 atom stereocenters. The second-order valence-electron chi connectivity index (χ2n) is 5.59. The maximum atomic E-state index is 13.9. The van der Waals surface area contributed by atoms with E-state index in [1.807, 2.05) is 0 Å². The van der Waals surface area contributed by atoms with Crippen LogP contribution in [0.1, 0.15) is 24.6 Å². The van der Waals surface area contributed by atoms with Crippen LogP contribution >= 0.6 is 0 Å². The van der Waals surface area contributed by atoms with Gasteiger partial charge in [0.15, 0.2) is 0 Å². The van der Waals surface area contributed by atoms with E-state index in [0.29, 0.717) is 0 Å². The lowest BCUT2D eigenvalue weighted by Crippen LogP contribution is -2.59. The van der Waals surface area contributed by atoms with Gasteiger partial charge in [0, 0.05) is 24.8 Å². The highest BCUT2D eigenvalue weighted by atomic mass is 32.2. The summed E-state index contributed by atoms with van der Waals surface area (Å²) in [5.74, 6) is -2.94. The topological polar surface area (TPSA) is 83.4 Å². The highest BCUT2D eigenvalue weighted by Gasteiger charge is 2.46. The Morgan fingerprint density at radius 1 is 1.38 bits per heavy atom. The van der Waals surface area contributed by atoms with E-state index in [2.05, 4.69) is 9.97 Å². The molecule has 0 saturated carbocycles. The fourth-order valence-corrected chi connectivity index (χ4v) is 3.17. The van der Waals surface area contributed by atoms with Crippen molar-refractivity contribution in [2.45, 2.75) is 43.0 Å². The molecule has 1 aromatic rings. The van der Waals surface area contributed by atoms with E-state index in [0.717, 1.165) is 6.26 Å². The van der Waals surface area contributed by atoms with Crippen molar-refractivity contribution in [2.24, 2.45) is 0 Å². The van der Waals surface area contributed by atoms with Crippen molar-refractivity contribution in [1.29, 1.82) is 0 Å². The van der Waals surface area contributed by atoms with Crippen LogP contribution in [0.5, 0.6) is 0 Å². The standard InChI is InChI=1S/C12H15F2N3O3S/c1-6-8(18)5-17(6)10-7-3-4-12(13,14)9(7)15-11(16-10)21(2,19)20/h6,8,18H,3-5H2,1-2H3/t6-,8?/m0/s1. The highest BCUT2D eigenvalue weighted by Crippen LogP contribution is 2.44. The molecule has 1 aliphatic heterocycles. The van der Waals surface area contributed by atoms with E-state index < -0.39 is 39.1 Å². The molecular formula is C12H15F2N3O3S. The van der Waals surface area contributed by atoms with Crippen molar-refractivity contribution in [2.75, 3.05) is 17.7 Å². The molecule has 1 N–H and O–H groups in total. The van der Waals surface area contributed by atoms with Crippen LogP contribution in [0.2, 0.25) is 0 Å². The van der Waals surface area contributed by atoms with Crippen molar-refractivity contribution in [3.63, 3.8) is 0 Å². The fraction of sp³-hybridized carbons (Fsp3) is 0.667. The Balaban J connectivity index is 2.18. The molecule has 1 fully saturated rings. The van der Waals surface area contributed by atoms with Crippen LogP contribution < -0.4 is 4.90 Å². The van der Waals surface area contributed by atoms with Gasteiger partial charge in [-0.15, -0.1) is 0 Å². The van der Waals surface area contributed by atoms with E-state index in [4.69, 9.17) is 0 Å². The molecule has 116 valence electrons. The first-order valence-corrected chi connectivity index (χ1v) is 8.44. The van der Waals surface area contributed by atoms with Crippen molar-refractivity contribution in [3.05, 3.63) is 11.3 Å². The Bertz CT molecular complexity index is 708. The molecule has 6 nitrogen and oxygen atoms in total. The third-order valence-corrected chi connectivity index (χ3v) is 4.88. The molecule has 0 aromatic carbocycles. The Hall–Kier alpha value is -1.35. The molecular weight excluding hydrogens is 304 g/mol. The van der Waals surface area contributed by atoms with Crippen LogP contribution in [0, 0.1) is 0 Å². The Kier molecular flexibility index (Phi) is 3.00. The zero-order valence-electron chi connectivity index (χ0n) is 11.5. The molecule has 0 bridgehead atoms. The van der Waals surface area contributed by atoms with Crippen LogP contribution in [-0.2, 0) is 22.2 Å². The van der Waals surface area contributed by atoms with Crippen LogP contribution in [0.3, 0.4) is 0 Å². The summed E-state index contributed by atoms with van der Waals surface area (Å²) >= 11 is 0. The van der Waals surface area contributed by atoms with Crippen LogP contribution in [0.25, 0.3) is 0 Å². The number of fused-ring (bicyclic) bond motifs is 1. The number of hydrogen-bond donors (Lipinski definition) is 1. The monoisotopic (exact) mass is 319 g/mol. The van der Waals surface area contributed by atoms with Gasteiger partial charge in [0.1, 0.15) is 11.5 Å². The van der Waals surface area contributed by atoms with E-state index in [-0.39, 0.29) is 30.4 Å². The molecule has 1 aliphatic carbocycles. The molecule has 0 radical (unpaired) electrons. The number of aliphatic hydroxyl groups is 1. The summed E-state index contributed by atoms with van der Waals surface area (Å²) in [4.78, 5) is 9.20. The minimum Gasteiger partial charge on any atom is -0.389 e. The summed E-state index contributed by atoms with van der Waals surface area (Å²) in [6, 6.07) is -0.286. The highest BCUT2D eigenvalue weighted by molar-refractivity contribution is 7.90. The van der Waals surface area contributed by atoms with Gasteiger partial charge in [0.2, 0.25) is 15.0 Å². The first kappa shape index (κ1) is 14.6. The largest absolute Gasteiger partial charge is 0.389 e. The Morgan fingerprint density at radius 3 is 2.57 bits per heavy atom. The molecule has 9 heteroatoms. The van der Waals surface area contributed by atoms with E-state index in [1.54, 1.807) is 11.8 Å². The van der Waals surface area contributed by atoms with Gasteiger partial charge in [-0.3, -0.25) is 0 Å². The van der Waals surface area contributed by atoms with Gasteiger partial charge in [0.25, 0.3) is 5.92 Å². The summed E-state index contributed by atoms with van der Waals surface area (Å²) in [6.07, 6.45) is 0.0161. The smallest absolute Gasteiger partial charge is 0.290 e. The first-order chi connectivity index (χ1) is 9.61. The molecule has 0 spiro atoms. The maximum Gasteiger partial charge on any atom is 0.290 e. The minimum absolute atomic E-state index is 0.0982. The lowest BCUT2D eigenvalue weighted by molar-refractivity contribution is -0.00653. The number of halogens is 2. The lowest BCUT2D eigenvalue weighted by Gasteiger charge is -2.45. The first-order valence-electron chi connectivity index (χ1n) is 6.55. The number of nitrogens with zero attached hydrogens (tertiary/aromatic N) is 3. The van der Waals surface area contributed by atoms with Crippen LogP contribution in [0.4, 0.5) is 14.6 Å². The average molecular weight is 319 g/mol. The molecule has 3 rings (SSSR count). The van der Waals surface area contributed by atoms with Crippen LogP contribution in [-0.4, -0.2) is 48.4 Å². The number of aliphatic hydroxyl groups excluding tert-OH is 1. The van der Waals surface area contributed by atoms with Gasteiger partial charge in [-0.1, -0.05) is 0 Å². The molecule has 2 heterocycles. The van der Waals surface area contributed by atoms with E-state index in [1.165, 1.54) is 0 Å². The zero-order chi connectivity index (χ0) is 15.6. The number of alkyl halides is 2. The second kappa shape index (κ2) is 4.33. The number of rotatable bonds is 2. The molecule has 0 amide bonds.